The summed E-state index contributed by atoms with van der Waals surface area (Å²) in [5, 5.41) is 12.6. The molecule has 0 bridgehead atoms. The van der Waals surface area contributed by atoms with Crippen LogP contribution in [0.1, 0.15) is 61.5 Å². The summed E-state index contributed by atoms with van der Waals surface area (Å²) in [6.07, 6.45) is 11.1. The lowest BCUT2D eigenvalue weighted by molar-refractivity contribution is -0.112. The Hall–Kier alpha value is -3.50. The van der Waals surface area contributed by atoms with Crippen LogP contribution < -0.4 is 10.1 Å². The minimum atomic E-state index is -0.515. The van der Waals surface area contributed by atoms with Gasteiger partial charge >= 0.3 is 0 Å². The molecule has 0 fully saturated rings. The van der Waals surface area contributed by atoms with Gasteiger partial charge in [-0.2, -0.15) is 5.26 Å². The Labute approximate surface area is 210 Å². The minimum Gasteiger partial charge on any atom is -0.494 e. The fourth-order valence-electron chi connectivity index (χ4n) is 3.46. The number of hydrogen-bond donors (Lipinski definition) is 1. The first-order valence-electron chi connectivity index (χ1n) is 11.9. The van der Waals surface area contributed by atoms with Crippen molar-refractivity contribution in [2.24, 2.45) is 0 Å². The molecular formula is C28H30FN3O2S. The van der Waals surface area contributed by atoms with Gasteiger partial charge in [-0.25, -0.2) is 9.37 Å². The summed E-state index contributed by atoms with van der Waals surface area (Å²) in [6, 6.07) is 15.6. The van der Waals surface area contributed by atoms with Gasteiger partial charge in [0.1, 0.15) is 23.2 Å². The number of aromatic nitrogens is 1. The SMILES string of the molecule is CCCCCCCCOc1ccc(C=C(C#N)C(=O)Nc2ncc(Cc3ccc(F)cc3)s2)cc1. The molecule has 0 aliphatic rings. The number of thiazole rings is 1. The topological polar surface area (TPSA) is 75.0 Å². The molecular weight excluding hydrogens is 461 g/mol. The molecule has 3 aromatic rings. The van der Waals surface area contributed by atoms with E-state index in [0.29, 0.717) is 18.2 Å². The summed E-state index contributed by atoms with van der Waals surface area (Å²) < 4.78 is 18.9. The predicted octanol–water partition coefficient (Wildman–Crippen LogP) is 7.16. The quantitative estimate of drug-likeness (QED) is 0.156. The van der Waals surface area contributed by atoms with E-state index < -0.39 is 5.91 Å². The van der Waals surface area contributed by atoms with Gasteiger partial charge in [0.15, 0.2) is 5.13 Å². The number of carbonyl (C=O) groups is 1. The van der Waals surface area contributed by atoms with Crippen LogP contribution in [0.5, 0.6) is 5.75 Å². The number of hydrogen-bond acceptors (Lipinski definition) is 5. The maximum atomic E-state index is 13.1. The first-order valence-corrected chi connectivity index (χ1v) is 12.7. The van der Waals surface area contributed by atoms with Gasteiger partial charge in [-0.3, -0.25) is 10.1 Å². The molecule has 5 nitrogen and oxygen atoms in total. The van der Waals surface area contributed by atoms with Crippen LogP contribution in [0.2, 0.25) is 0 Å². The average molecular weight is 492 g/mol. The second kappa shape index (κ2) is 14.0. The van der Waals surface area contributed by atoms with E-state index in [-0.39, 0.29) is 11.4 Å². The predicted molar refractivity (Wildman–Crippen MR) is 139 cm³/mol. The standard InChI is InChI=1S/C28H30FN3O2S/c1-2-3-4-5-6-7-16-34-25-14-10-21(11-15-25)17-23(19-30)27(33)32-28-31-20-26(35-28)18-22-8-12-24(29)13-9-22/h8-15,17,20H,2-7,16,18H2,1H3,(H,31,32,33). The molecule has 0 saturated heterocycles. The van der Waals surface area contributed by atoms with Crippen LogP contribution in [0.4, 0.5) is 9.52 Å². The van der Waals surface area contributed by atoms with Crippen molar-refractivity contribution in [3.63, 3.8) is 0 Å². The summed E-state index contributed by atoms with van der Waals surface area (Å²) in [5.41, 5.74) is 1.67. The van der Waals surface area contributed by atoms with E-state index in [0.717, 1.165) is 28.2 Å². The van der Waals surface area contributed by atoms with Gasteiger partial charge in [-0.1, -0.05) is 63.3 Å². The third-order valence-electron chi connectivity index (χ3n) is 5.39. The van der Waals surface area contributed by atoms with Gasteiger partial charge in [0, 0.05) is 17.5 Å². The van der Waals surface area contributed by atoms with Gasteiger partial charge in [0.25, 0.3) is 5.91 Å². The van der Waals surface area contributed by atoms with E-state index in [1.54, 1.807) is 24.4 Å². The van der Waals surface area contributed by atoms with E-state index in [2.05, 4.69) is 17.2 Å². The van der Waals surface area contributed by atoms with E-state index >= 15 is 0 Å². The summed E-state index contributed by atoms with van der Waals surface area (Å²) in [6.45, 7) is 2.90. The Kier molecular flexibility index (Phi) is 10.5. The second-order valence-electron chi connectivity index (χ2n) is 8.24. The van der Waals surface area contributed by atoms with Crippen LogP contribution in [0.25, 0.3) is 6.08 Å². The molecule has 0 saturated carbocycles. The monoisotopic (exact) mass is 491 g/mol. The lowest BCUT2D eigenvalue weighted by atomic mass is 10.1. The second-order valence-corrected chi connectivity index (χ2v) is 9.36. The smallest absolute Gasteiger partial charge is 0.268 e. The van der Waals surface area contributed by atoms with E-state index in [9.17, 15) is 14.4 Å². The fourth-order valence-corrected chi connectivity index (χ4v) is 4.30. The molecule has 0 aliphatic carbocycles. The Bertz CT molecular complexity index is 1150. The molecule has 35 heavy (non-hydrogen) atoms. The molecule has 3 rings (SSSR count). The molecule has 1 N–H and O–H groups in total. The summed E-state index contributed by atoms with van der Waals surface area (Å²) in [4.78, 5) is 17.7. The number of unbranched alkanes of at least 4 members (excludes halogenated alkanes) is 5. The molecule has 0 unspecified atom stereocenters. The van der Waals surface area contributed by atoms with Crippen LogP contribution in [0, 0.1) is 17.1 Å². The Balaban J connectivity index is 1.50. The molecule has 0 atom stereocenters. The number of nitriles is 1. The van der Waals surface area contributed by atoms with E-state index in [1.807, 2.05) is 30.3 Å². The van der Waals surface area contributed by atoms with E-state index in [4.69, 9.17) is 4.74 Å². The number of rotatable bonds is 13. The van der Waals surface area contributed by atoms with E-state index in [1.165, 1.54) is 55.6 Å². The van der Waals surface area contributed by atoms with Crippen LogP contribution >= 0.6 is 11.3 Å². The van der Waals surface area contributed by atoms with Crippen molar-refractivity contribution in [2.75, 3.05) is 11.9 Å². The van der Waals surface area contributed by atoms with Crippen LogP contribution in [-0.2, 0) is 11.2 Å². The Morgan fingerprint density at radius 3 is 2.51 bits per heavy atom. The van der Waals surface area contributed by atoms with Crippen molar-refractivity contribution >= 4 is 28.5 Å². The largest absolute Gasteiger partial charge is 0.494 e. The minimum absolute atomic E-state index is 0.0129. The van der Waals surface area contributed by atoms with Crippen LogP contribution in [0.15, 0.2) is 60.3 Å². The third kappa shape index (κ3) is 8.99. The average Bonchev–Trinajstić information content (AvgIpc) is 3.30. The van der Waals surface area contributed by atoms with Crippen molar-refractivity contribution in [3.05, 3.63) is 82.1 Å². The zero-order valence-corrected chi connectivity index (χ0v) is 20.7. The first kappa shape index (κ1) is 26.1. The zero-order chi connectivity index (χ0) is 24.9. The van der Waals surface area contributed by atoms with Gasteiger partial charge in [0.2, 0.25) is 0 Å². The number of anilines is 1. The molecule has 7 heteroatoms. The summed E-state index contributed by atoms with van der Waals surface area (Å²) in [5.74, 6) is -0.0223. The van der Waals surface area contributed by atoms with Crippen molar-refractivity contribution in [1.29, 1.82) is 5.26 Å². The number of halogens is 1. The lowest BCUT2D eigenvalue weighted by Crippen LogP contribution is -2.13. The molecule has 0 aliphatic heterocycles. The maximum Gasteiger partial charge on any atom is 0.268 e. The number of nitrogens with zero attached hydrogens (tertiary/aromatic N) is 2. The van der Waals surface area contributed by atoms with Crippen molar-refractivity contribution in [3.8, 4) is 11.8 Å². The number of nitrogens with one attached hydrogen (secondary N) is 1. The molecule has 0 radical (unpaired) electrons. The summed E-state index contributed by atoms with van der Waals surface area (Å²) >= 11 is 1.32. The maximum absolute atomic E-state index is 13.1. The highest BCUT2D eigenvalue weighted by atomic mass is 32.1. The number of carbonyl (C=O) groups excluding carboxylic acids is 1. The summed E-state index contributed by atoms with van der Waals surface area (Å²) in [7, 11) is 0. The molecule has 0 spiro atoms. The van der Waals surface area contributed by atoms with Crippen molar-refractivity contribution < 1.29 is 13.9 Å². The van der Waals surface area contributed by atoms with Crippen LogP contribution in [0.3, 0.4) is 0 Å². The first-order chi connectivity index (χ1) is 17.1. The number of benzene rings is 2. The lowest BCUT2D eigenvalue weighted by Gasteiger charge is -2.06. The molecule has 2 aromatic carbocycles. The highest BCUT2D eigenvalue weighted by Gasteiger charge is 2.12. The molecule has 1 aromatic heterocycles. The highest BCUT2D eigenvalue weighted by molar-refractivity contribution is 7.15. The normalized spacial score (nSPS) is 11.2. The van der Waals surface area contributed by atoms with Gasteiger partial charge in [-0.15, -0.1) is 11.3 Å². The number of amides is 1. The third-order valence-corrected chi connectivity index (χ3v) is 6.30. The van der Waals surface area contributed by atoms with Gasteiger partial charge < -0.3 is 4.74 Å². The highest BCUT2D eigenvalue weighted by Crippen LogP contribution is 2.22. The van der Waals surface area contributed by atoms with Gasteiger partial charge in [0.05, 0.1) is 6.61 Å². The van der Waals surface area contributed by atoms with Crippen LogP contribution in [-0.4, -0.2) is 17.5 Å². The Morgan fingerprint density at radius 1 is 1.09 bits per heavy atom. The fraction of sp³-hybridized carbons (Fsp3) is 0.321. The van der Waals surface area contributed by atoms with Crippen molar-refractivity contribution in [2.45, 2.75) is 51.9 Å². The zero-order valence-electron chi connectivity index (χ0n) is 19.9. The molecule has 182 valence electrons. The molecule has 1 heterocycles. The molecule has 1 amide bonds. The number of ether oxygens (including phenoxy) is 1. The Morgan fingerprint density at radius 2 is 1.80 bits per heavy atom. The van der Waals surface area contributed by atoms with Gasteiger partial charge in [-0.05, 0) is 47.9 Å². The van der Waals surface area contributed by atoms with Crippen molar-refractivity contribution in [1.82, 2.24) is 4.98 Å².